The van der Waals surface area contributed by atoms with Crippen molar-refractivity contribution >= 4 is 34.8 Å². The fraction of sp³-hybridized carbons (Fsp3) is 0.0714. The van der Waals surface area contributed by atoms with Crippen LogP contribution in [0, 0.1) is 12.7 Å². The van der Waals surface area contributed by atoms with Gasteiger partial charge in [0.05, 0.1) is 0 Å². The zero-order valence-electron chi connectivity index (χ0n) is 10.0. The van der Waals surface area contributed by atoms with E-state index in [1.165, 1.54) is 30.3 Å². The average molecular weight is 298 g/mol. The molecule has 0 aromatic heterocycles. The van der Waals surface area contributed by atoms with Gasteiger partial charge in [-0.2, -0.15) is 0 Å². The third kappa shape index (κ3) is 3.46. The number of benzene rings is 2. The van der Waals surface area contributed by atoms with Crippen LogP contribution in [0.2, 0.25) is 10.0 Å². The molecule has 1 N–H and O–H groups in total. The monoisotopic (exact) mass is 297 g/mol. The van der Waals surface area contributed by atoms with Gasteiger partial charge in [-0.05, 0) is 48.9 Å². The first-order chi connectivity index (χ1) is 8.95. The van der Waals surface area contributed by atoms with Gasteiger partial charge in [-0.25, -0.2) is 4.39 Å². The minimum absolute atomic E-state index is 0.346. The summed E-state index contributed by atoms with van der Waals surface area (Å²) >= 11 is 11.7. The number of rotatable bonds is 2. The molecule has 0 saturated heterocycles. The van der Waals surface area contributed by atoms with Crippen LogP contribution in [-0.4, -0.2) is 5.91 Å². The number of halogens is 3. The third-order valence-electron chi connectivity index (χ3n) is 2.56. The van der Waals surface area contributed by atoms with Gasteiger partial charge in [0.2, 0.25) is 0 Å². The Morgan fingerprint density at radius 1 is 1.11 bits per heavy atom. The van der Waals surface area contributed by atoms with Crippen molar-refractivity contribution in [2.75, 3.05) is 5.32 Å². The Kier molecular flexibility index (Phi) is 4.08. The van der Waals surface area contributed by atoms with E-state index in [4.69, 9.17) is 23.2 Å². The molecule has 0 fully saturated rings. The van der Waals surface area contributed by atoms with E-state index in [0.29, 0.717) is 26.9 Å². The molecule has 0 saturated carbocycles. The first kappa shape index (κ1) is 13.8. The topological polar surface area (TPSA) is 29.1 Å². The highest BCUT2D eigenvalue weighted by molar-refractivity contribution is 6.35. The molecule has 5 heteroatoms. The molecule has 2 aromatic rings. The number of nitrogens with one attached hydrogen (secondary N) is 1. The second-order valence-electron chi connectivity index (χ2n) is 4.07. The van der Waals surface area contributed by atoms with E-state index >= 15 is 0 Å². The summed E-state index contributed by atoms with van der Waals surface area (Å²) < 4.78 is 13.0. The molecule has 2 nitrogen and oxygen atoms in total. The second kappa shape index (κ2) is 5.59. The molecule has 0 spiro atoms. The standard InChI is InChI=1S/C14H10Cl2FNO/c1-8-4-12(17)2-3-13(8)18-14(19)9-5-10(15)7-11(16)6-9/h2-7H,1H3,(H,18,19). The molecule has 0 radical (unpaired) electrons. The second-order valence-corrected chi connectivity index (χ2v) is 4.94. The lowest BCUT2D eigenvalue weighted by Crippen LogP contribution is -2.12. The lowest BCUT2D eigenvalue weighted by molar-refractivity contribution is 0.102. The van der Waals surface area contributed by atoms with Crippen LogP contribution < -0.4 is 5.32 Å². The van der Waals surface area contributed by atoms with Crippen molar-refractivity contribution in [3.05, 3.63) is 63.4 Å². The number of hydrogen-bond acceptors (Lipinski definition) is 1. The van der Waals surface area contributed by atoms with Crippen molar-refractivity contribution in [2.24, 2.45) is 0 Å². The summed E-state index contributed by atoms with van der Waals surface area (Å²) in [4.78, 5) is 12.0. The van der Waals surface area contributed by atoms with Crippen LogP contribution in [0.25, 0.3) is 0 Å². The molecule has 0 aliphatic carbocycles. The van der Waals surface area contributed by atoms with Gasteiger partial charge >= 0.3 is 0 Å². The number of hydrogen-bond donors (Lipinski definition) is 1. The number of anilines is 1. The molecule has 19 heavy (non-hydrogen) atoms. The summed E-state index contributed by atoms with van der Waals surface area (Å²) in [5.41, 5.74) is 1.53. The van der Waals surface area contributed by atoms with Gasteiger partial charge in [-0.3, -0.25) is 4.79 Å². The van der Waals surface area contributed by atoms with Crippen molar-refractivity contribution in [1.29, 1.82) is 0 Å². The highest BCUT2D eigenvalue weighted by atomic mass is 35.5. The number of aryl methyl sites for hydroxylation is 1. The number of carbonyl (C=O) groups is 1. The summed E-state index contributed by atoms with van der Waals surface area (Å²) in [6, 6.07) is 8.72. The third-order valence-corrected chi connectivity index (χ3v) is 3.00. The molecule has 0 bridgehead atoms. The minimum atomic E-state index is -0.348. The van der Waals surface area contributed by atoms with Crippen LogP contribution in [0.3, 0.4) is 0 Å². The fourth-order valence-corrected chi connectivity index (χ4v) is 2.17. The van der Waals surface area contributed by atoms with E-state index in [9.17, 15) is 9.18 Å². The summed E-state index contributed by atoms with van der Waals surface area (Å²) in [6.07, 6.45) is 0. The SMILES string of the molecule is Cc1cc(F)ccc1NC(=O)c1cc(Cl)cc(Cl)c1. The van der Waals surface area contributed by atoms with E-state index in [1.807, 2.05) is 0 Å². The molecule has 0 heterocycles. The minimum Gasteiger partial charge on any atom is -0.322 e. The Morgan fingerprint density at radius 2 is 1.74 bits per heavy atom. The van der Waals surface area contributed by atoms with Gasteiger partial charge in [0.25, 0.3) is 5.91 Å². The van der Waals surface area contributed by atoms with E-state index in [1.54, 1.807) is 13.0 Å². The van der Waals surface area contributed by atoms with Gasteiger partial charge in [-0.1, -0.05) is 23.2 Å². The highest BCUT2D eigenvalue weighted by Gasteiger charge is 2.10. The van der Waals surface area contributed by atoms with Gasteiger partial charge < -0.3 is 5.32 Å². The maximum atomic E-state index is 13.0. The van der Waals surface area contributed by atoms with Crippen LogP contribution in [0.4, 0.5) is 10.1 Å². The lowest BCUT2D eigenvalue weighted by Gasteiger charge is -2.09. The van der Waals surface area contributed by atoms with Gasteiger partial charge in [-0.15, -0.1) is 0 Å². The molecule has 0 atom stereocenters. The van der Waals surface area contributed by atoms with Crippen molar-refractivity contribution < 1.29 is 9.18 Å². The van der Waals surface area contributed by atoms with Crippen LogP contribution >= 0.6 is 23.2 Å². The summed E-state index contributed by atoms with van der Waals surface area (Å²) in [5.74, 6) is -0.694. The van der Waals surface area contributed by atoms with Crippen molar-refractivity contribution in [2.45, 2.75) is 6.92 Å². The molecule has 1 amide bonds. The predicted octanol–water partition coefficient (Wildman–Crippen LogP) is 4.69. The summed E-state index contributed by atoms with van der Waals surface area (Å²) in [5, 5.41) is 3.45. The summed E-state index contributed by atoms with van der Waals surface area (Å²) in [7, 11) is 0. The van der Waals surface area contributed by atoms with E-state index in [-0.39, 0.29) is 11.7 Å². The Hall–Kier alpha value is -1.58. The Labute approximate surface area is 120 Å². The zero-order valence-corrected chi connectivity index (χ0v) is 11.5. The summed E-state index contributed by atoms with van der Waals surface area (Å²) in [6.45, 7) is 1.71. The van der Waals surface area contributed by atoms with Crippen molar-refractivity contribution in [3.63, 3.8) is 0 Å². The van der Waals surface area contributed by atoms with E-state index in [0.717, 1.165) is 0 Å². The molecule has 0 aliphatic heterocycles. The van der Waals surface area contributed by atoms with Crippen molar-refractivity contribution in [1.82, 2.24) is 0 Å². The molecular weight excluding hydrogens is 288 g/mol. The van der Waals surface area contributed by atoms with Gasteiger partial charge in [0, 0.05) is 21.3 Å². The number of amides is 1. The Balaban J connectivity index is 2.25. The van der Waals surface area contributed by atoms with Crippen LogP contribution in [0.15, 0.2) is 36.4 Å². The smallest absolute Gasteiger partial charge is 0.255 e. The van der Waals surface area contributed by atoms with Crippen LogP contribution in [0.1, 0.15) is 15.9 Å². The maximum Gasteiger partial charge on any atom is 0.255 e. The molecule has 2 rings (SSSR count). The van der Waals surface area contributed by atoms with Crippen LogP contribution in [-0.2, 0) is 0 Å². The quantitative estimate of drug-likeness (QED) is 0.856. The molecule has 2 aromatic carbocycles. The van der Waals surface area contributed by atoms with E-state index in [2.05, 4.69) is 5.32 Å². The first-order valence-electron chi connectivity index (χ1n) is 5.49. The Morgan fingerprint density at radius 3 is 2.32 bits per heavy atom. The van der Waals surface area contributed by atoms with E-state index < -0.39 is 0 Å². The van der Waals surface area contributed by atoms with Gasteiger partial charge in [0.15, 0.2) is 0 Å². The Bertz CT molecular complexity index is 623. The molecule has 98 valence electrons. The normalized spacial score (nSPS) is 10.3. The fourth-order valence-electron chi connectivity index (χ4n) is 1.65. The van der Waals surface area contributed by atoms with Gasteiger partial charge in [0.1, 0.15) is 5.82 Å². The molecule has 0 unspecified atom stereocenters. The highest BCUT2D eigenvalue weighted by Crippen LogP contribution is 2.21. The van der Waals surface area contributed by atoms with Crippen LogP contribution in [0.5, 0.6) is 0 Å². The lowest BCUT2D eigenvalue weighted by atomic mass is 10.1. The average Bonchev–Trinajstić information content (AvgIpc) is 2.31. The van der Waals surface area contributed by atoms with Crippen molar-refractivity contribution in [3.8, 4) is 0 Å². The predicted molar refractivity (Wildman–Crippen MR) is 75.6 cm³/mol. The largest absolute Gasteiger partial charge is 0.322 e. The molecule has 0 aliphatic rings. The maximum absolute atomic E-state index is 13.0. The number of carbonyl (C=O) groups excluding carboxylic acids is 1. The zero-order chi connectivity index (χ0) is 14.0. The molecular formula is C14H10Cl2FNO. The first-order valence-corrected chi connectivity index (χ1v) is 6.25.